The van der Waals surface area contributed by atoms with E-state index in [2.05, 4.69) is 15.5 Å². The van der Waals surface area contributed by atoms with E-state index in [-0.39, 0.29) is 5.75 Å². The number of aromatic hydroxyl groups is 1. The van der Waals surface area contributed by atoms with Gasteiger partial charge in [0.2, 0.25) is 0 Å². The van der Waals surface area contributed by atoms with Crippen molar-refractivity contribution in [3.05, 3.63) is 47.7 Å². The van der Waals surface area contributed by atoms with Gasteiger partial charge in [0.15, 0.2) is 23.0 Å². The molecule has 8 nitrogen and oxygen atoms in total. The van der Waals surface area contributed by atoms with Crippen molar-refractivity contribution >= 4 is 23.0 Å². The summed E-state index contributed by atoms with van der Waals surface area (Å²) < 4.78 is 15.7. The van der Waals surface area contributed by atoms with Crippen molar-refractivity contribution in [2.45, 2.75) is 0 Å². The van der Waals surface area contributed by atoms with Crippen LogP contribution >= 0.6 is 0 Å². The molecule has 1 amide bonds. The lowest BCUT2D eigenvalue weighted by molar-refractivity contribution is 0.0951. The van der Waals surface area contributed by atoms with Crippen LogP contribution in [-0.2, 0) is 0 Å². The lowest BCUT2D eigenvalue weighted by atomic mass is 10.2. The lowest BCUT2D eigenvalue weighted by Crippen LogP contribution is -2.17. The van der Waals surface area contributed by atoms with Crippen LogP contribution in [0.2, 0.25) is 0 Å². The molecule has 8 heteroatoms. The van der Waals surface area contributed by atoms with Gasteiger partial charge in [0, 0.05) is 10.9 Å². The molecule has 0 unspecified atom stereocenters. The summed E-state index contributed by atoms with van der Waals surface area (Å²) in [4.78, 5) is 15.4. The number of carbonyl (C=O) groups excluding carboxylic acids is 1. The fourth-order valence-electron chi connectivity index (χ4n) is 2.68. The monoisotopic (exact) mass is 369 g/mol. The predicted molar refractivity (Wildman–Crippen MR) is 101 cm³/mol. The van der Waals surface area contributed by atoms with E-state index in [1.54, 1.807) is 43.5 Å². The van der Waals surface area contributed by atoms with E-state index < -0.39 is 5.91 Å². The lowest BCUT2D eigenvalue weighted by Gasteiger charge is -2.07. The second-order valence-corrected chi connectivity index (χ2v) is 5.54. The molecule has 0 fully saturated rings. The Hall–Kier alpha value is -3.68. The molecule has 0 bridgehead atoms. The first-order valence-corrected chi connectivity index (χ1v) is 8.02. The second kappa shape index (κ2) is 7.69. The van der Waals surface area contributed by atoms with Gasteiger partial charge in [-0.1, -0.05) is 6.07 Å². The van der Waals surface area contributed by atoms with Crippen molar-refractivity contribution in [2.24, 2.45) is 5.10 Å². The van der Waals surface area contributed by atoms with Gasteiger partial charge >= 0.3 is 0 Å². The summed E-state index contributed by atoms with van der Waals surface area (Å²) in [6.45, 7) is 0. The molecule has 140 valence electrons. The minimum absolute atomic E-state index is 0.0551. The Morgan fingerprint density at radius 1 is 1.11 bits per heavy atom. The average Bonchev–Trinajstić information content (AvgIpc) is 3.12. The average molecular weight is 369 g/mol. The number of benzene rings is 2. The Balaban J connectivity index is 1.81. The van der Waals surface area contributed by atoms with E-state index >= 15 is 0 Å². The number of nitrogens with one attached hydrogen (secondary N) is 2. The molecule has 2 aromatic carbocycles. The van der Waals surface area contributed by atoms with E-state index in [4.69, 9.17) is 14.2 Å². The third-order valence-corrected chi connectivity index (χ3v) is 4.01. The summed E-state index contributed by atoms with van der Waals surface area (Å²) in [6.07, 6.45) is 1.34. The number of phenols is 1. The fourth-order valence-corrected chi connectivity index (χ4v) is 2.68. The van der Waals surface area contributed by atoms with Crippen LogP contribution in [0.25, 0.3) is 10.9 Å². The number of nitrogens with zero attached hydrogens (tertiary/aromatic N) is 1. The highest BCUT2D eigenvalue weighted by Gasteiger charge is 2.15. The molecule has 1 heterocycles. The quantitative estimate of drug-likeness (QED) is 0.458. The van der Waals surface area contributed by atoms with Gasteiger partial charge in [0.05, 0.1) is 33.1 Å². The van der Waals surface area contributed by atoms with E-state index in [1.165, 1.54) is 20.4 Å². The van der Waals surface area contributed by atoms with Crippen LogP contribution in [0.1, 0.15) is 16.1 Å². The molecule has 3 N–H and O–H groups in total. The van der Waals surface area contributed by atoms with Gasteiger partial charge in [-0.05, 0) is 30.3 Å². The molecule has 0 atom stereocenters. The number of amides is 1. The van der Waals surface area contributed by atoms with Gasteiger partial charge in [0.1, 0.15) is 5.69 Å². The van der Waals surface area contributed by atoms with Crippen LogP contribution in [0.5, 0.6) is 23.0 Å². The summed E-state index contributed by atoms with van der Waals surface area (Å²) in [5, 5.41) is 14.6. The van der Waals surface area contributed by atoms with Gasteiger partial charge in [-0.15, -0.1) is 0 Å². The number of hydrogen-bond acceptors (Lipinski definition) is 6. The van der Waals surface area contributed by atoms with Crippen molar-refractivity contribution < 1.29 is 24.1 Å². The number of ether oxygens (including phenoxy) is 3. The minimum atomic E-state index is -0.439. The smallest absolute Gasteiger partial charge is 0.287 e. The molecule has 1 aromatic heterocycles. The van der Waals surface area contributed by atoms with Crippen molar-refractivity contribution in [3.63, 3.8) is 0 Å². The van der Waals surface area contributed by atoms with E-state index in [1.807, 2.05) is 0 Å². The SMILES string of the molecule is COc1cccc(C=NNC(=O)c2cc3c(OC)c(OC)ccc3[nH]2)c1O. The number of rotatable bonds is 6. The summed E-state index contributed by atoms with van der Waals surface area (Å²) in [6, 6.07) is 10.2. The first-order valence-electron chi connectivity index (χ1n) is 8.02. The highest BCUT2D eigenvalue weighted by molar-refractivity contribution is 6.00. The van der Waals surface area contributed by atoms with Crippen LogP contribution in [0.3, 0.4) is 0 Å². The van der Waals surface area contributed by atoms with Crippen LogP contribution in [0.15, 0.2) is 41.5 Å². The summed E-state index contributed by atoms with van der Waals surface area (Å²) in [5.74, 6) is 0.936. The maximum Gasteiger partial charge on any atom is 0.287 e. The molecule has 0 spiro atoms. The summed E-state index contributed by atoms with van der Waals surface area (Å²) in [7, 11) is 4.54. The first-order chi connectivity index (χ1) is 13.1. The third kappa shape index (κ3) is 3.50. The van der Waals surface area contributed by atoms with Crippen LogP contribution in [-0.4, -0.2) is 43.5 Å². The number of fused-ring (bicyclic) bond motifs is 1. The van der Waals surface area contributed by atoms with Crippen LogP contribution in [0, 0.1) is 0 Å². The standard InChI is InChI=1S/C19H19N3O5/c1-25-15-6-4-5-11(17(15)23)10-20-22-19(24)14-9-12-13(21-14)7-8-16(26-2)18(12)27-3/h4-10,21,23H,1-3H3,(H,22,24). The first kappa shape index (κ1) is 18.1. The Kier molecular flexibility index (Phi) is 5.16. The fraction of sp³-hybridized carbons (Fsp3) is 0.158. The normalized spacial score (nSPS) is 10.9. The Bertz CT molecular complexity index is 1010. The number of para-hydroxylation sites is 1. The van der Waals surface area contributed by atoms with Crippen LogP contribution < -0.4 is 19.6 Å². The summed E-state index contributed by atoms with van der Waals surface area (Å²) in [5.41, 5.74) is 3.87. The highest BCUT2D eigenvalue weighted by atomic mass is 16.5. The zero-order chi connectivity index (χ0) is 19.4. The number of phenolic OH excluding ortho intramolecular Hbond substituents is 1. The van der Waals surface area contributed by atoms with Crippen molar-refractivity contribution in [1.82, 2.24) is 10.4 Å². The number of methoxy groups -OCH3 is 3. The molecular formula is C19H19N3O5. The van der Waals surface area contributed by atoms with Gasteiger partial charge in [-0.2, -0.15) is 5.10 Å². The maximum atomic E-state index is 12.4. The molecule has 27 heavy (non-hydrogen) atoms. The van der Waals surface area contributed by atoms with E-state index in [9.17, 15) is 9.90 Å². The van der Waals surface area contributed by atoms with Gasteiger partial charge in [0.25, 0.3) is 5.91 Å². The molecule has 3 aromatic rings. The molecule has 0 saturated carbocycles. The predicted octanol–water partition coefficient (Wildman–Crippen LogP) is 2.66. The molecule has 0 aliphatic heterocycles. The maximum absolute atomic E-state index is 12.4. The Morgan fingerprint density at radius 2 is 1.89 bits per heavy atom. The van der Waals surface area contributed by atoms with Gasteiger partial charge in [-0.3, -0.25) is 4.79 Å². The molecule has 0 aliphatic carbocycles. The Morgan fingerprint density at radius 3 is 2.59 bits per heavy atom. The third-order valence-electron chi connectivity index (χ3n) is 4.01. The number of H-pyrrole nitrogens is 1. The molecule has 0 radical (unpaired) electrons. The molecular weight excluding hydrogens is 350 g/mol. The molecule has 3 rings (SSSR count). The topological polar surface area (TPSA) is 105 Å². The van der Waals surface area contributed by atoms with Gasteiger partial charge in [-0.25, -0.2) is 5.43 Å². The van der Waals surface area contributed by atoms with E-state index in [0.717, 1.165) is 10.9 Å². The number of hydrogen-bond donors (Lipinski definition) is 3. The second-order valence-electron chi connectivity index (χ2n) is 5.54. The number of aromatic nitrogens is 1. The van der Waals surface area contributed by atoms with E-state index in [0.29, 0.717) is 28.5 Å². The van der Waals surface area contributed by atoms with Crippen molar-refractivity contribution in [3.8, 4) is 23.0 Å². The zero-order valence-corrected chi connectivity index (χ0v) is 15.1. The molecule has 0 aliphatic rings. The van der Waals surface area contributed by atoms with Crippen LogP contribution in [0.4, 0.5) is 0 Å². The highest BCUT2D eigenvalue weighted by Crippen LogP contribution is 2.35. The zero-order valence-electron chi connectivity index (χ0n) is 15.1. The van der Waals surface area contributed by atoms with Crippen molar-refractivity contribution in [2.75, 3.05) is 21.3 Å². The van der Waals surface area contributed by atoms with Gasteiger partial charge < -0.3 is 24.3 Å². The largest absolute Gasteiger partial charge is 0.504 e. The number of aromatic amines is 1. The Labute approximate surface area is 155 Å². The summed E-state index contributed by atoms with van der Waals surface area (Å²) >= 11 is 0. The minimum Gasteiger partial charge on any atom is -0.504 e. The van der Waals surface area contributed by atoms with Crippen molar-refractivity contribution in [1.29, 1.82) is 0 Å². The number of carbonyl (C=O) groups is 1. The molecule has 0 saturated heterocycles. The number of hydrazone groups is 1.